The normalized spacial score (nSPS) is 15.3. The number of guanidine groups is 1. The highest BCUT2D eigenvalue weighted by atomic mass is 35.5. The summed E-state index contributed by atoms with van der Waals surface area (Å²) in [5.74, 6) is -0.134. The van der Waals surface area contributed by atoms with Gasteiger partial charge in [0.25, 0.3) is 0 Å². The molecule has 1 fully saturated rings. The summed E-state index contributed by atoms with van der Waals surface area (Å²) in [6.45, 7) is 0. The first-order valence-electron chi connectivity index (χ1n) is 7.30. The summed E-state index contributed by atoms with van der Waals surface area (Å²) in [6, 6.07) is 3.50. The van der Waals surface area contributed by atoms with Crippen molar-refractivity contribution in [1.29, 1.82) is 0 Å². The van der Waals surface area contributed by atoms with Gasteiger partial charge in [0.1, 0.15) is 5.69 Å². The zero-order valence-electron chi connectivity index (χ0n) is 12.7. The molecule has 1 aromatic heterocycles. The summed E-state index contributed by atoms with van der Waals surface area (Å²) in [4.78, 5) is 14.4. The van der Waals surface area contributed by atoms with Crippen molar-refractivity contribution in [2.24, 2.45) is 10.7 Å². The molecule has 1 aliphatic rings. The number of aliphatic imine (C=N–C) groups is 1. The van der Waals surface area contributed by atoms with Gasteiger partial charge in [-0.2, -0.15) is 18.3 Å². The van der Waals surface area contributed by atoms with Crippen LogP contribution in [-0.4, -0.2) is 22.2 Å². The standard InChI is InChI=1S/C15H13ClF3N5O/c16-9-3-4-12(10(5-9)15(17,18)19)24-13(8-1-2-8)11(6-22-24)23-14(20)21-7-25/h3-8H,1-2H2,(H3,20,21,23,25). The largest absolute Gasteiger partial charge is 0.418 e. The lowest BCUT2D eigenvalue weighted by Crippen LogP contribution is -2.29. The molecule has 1 saturated carbocycles. The summed E-state index contributed by atoms with van der Waals surface area (Å²) in [7, 11) is 0. The molecule has 0 atom stereocenters. The number of nitrogens with zero attached hydrogens (tertiary/aromatic N) is 3. The Bertz CT molecular complexity index is 842. The molecule has 1 amide bonds. The number of carbonyl (C=O) groups is 1. The van der Waals surface area contributed by atoms with Gasteiger partial charge in [0, 0.05) is 10.9 Å². The van der Waals surface area contributed by atoms with Crippen molar-refractivity contribution in [3.05, 3.63) is 40.7 Å². The Morgan fingerprint density at radius 2 is 2.16 bits per heavy atom. The van der Waals surface area contributed by atoms with E-state index >= 15 is 0 Å². The molecule has 3 N–H and O–H groups in total. The van der Waals surface area contributed by atoms with Crippen molar-refractivity contribution in [2.75, 3.05) is 0 Å². The number of amides is 1. The quantitative estimate of drug-likeness (QED) is 0.492. The molecule has 0 aliphatic heterocycles. The second kappa shape index (κ2) is 6.40. The molecule has 25 heavy (non-hydrogen) atoms. The van der Waals surface area contributed by atoms with Crippen LogP contribution in [0.5, 0.6) is 0 Å². The van der Waals surface area contributed by atoms with Gasteiger partial charge >= 0.3 is 6.18 Å². The maximum Gasteiger partial charge on any atom is 0.418 e. The number of hydrogen-bond acceptors (Lipinski definition) is 3. The predicted octanol–water partition coefficient (Wildman–Crippen LogP) is 3.11. The Morgan fingerprint density at radius 1 is 1.44 bits per heavy atom. The Kier molecular flexibility index (Phi) is 4.42. The van der Waals surface area contributed by atoms with Gasteiger partial charge in [-0.05, 0) is 31.0 Å². The van der Waals surface area contributed by atoms with Gasteiger partial charge in [-0.1, -0.05) is 11.6 Å². The second-order valence-electron chi connectivity index (χ2n) is 5.52. The number of hydrogen-bond donors (Lipinski definition) is 2. The van der Waals surface area contributed by atoms with Crippen LogP contribution >= 0.6 is 11.6 Å². The van der Waals surface area contributed by atoms with Crippen LogP contribution in [0.3, 0.4) is 0 Å². The summed E-state index contributed by atoms with van der Waals surface area (Å²) in [6.07, 6.45) is -1.29. The minimum atomic E-state index is -4.59. The molecular weight excluding hydrogens is 359 g/mol. The number of benzene rings is 1. The Balaban J connectivity index is 2.15. The van der Waals surface area contributed by atoms with Crippen molar-refractivity contribution in [3.63, 3.8) is 0 Å². The molecule has 1 aliphatic carbocycles. The van der Waals surface area contributed by atoms with E-state index in [1.807, 2.05) is 0 Å². The first-order valence-corrected chi connectivity index (χ1v) is 7.68. The molecule has 132 valence electrons. The molecular formula is C15H13ClF3N5O. The third kappa shape index (κ3) is 3.60. The SMILES string of the molecule is NC(=Nc1cnn(-c2ccc(Cl)cc2C(F)(F)F)c1C1CC1)NC=O. The van der Waals surface area contributed by atoms with Crippen LogP contribution in [0.1, 0.15) is 30.0 Å². The number of rotatable bonds is 4. The molecule has 3 rings (SSSR count). The summed E-state index contributed by atoms with van der Waals surface area (Å²) >= 11 is 5.72. The van der Waals surface area contributed by atoms with E-state index in [0.717, 1.165) is 18.9 Å². The third-order valence-electron chi connectivity index (χ3n) is 3.69. The highest BCUT2D eigenvalue weighted by molar-refractivity contribution is 6.30. The average molecular weight is 372 g/mol. The summed E-state index contributed by atoms with van der Waals surface area (Å²) < 4.78 is 41.4. The van der Waals surface area contributed by atoms with Gasteiger partial charge in [-0.15, -0.1) is 0 Å². The molecule has 1 heterocycles. The fourth-order valence-corrected chi connectivity index (χ4v) is 2.68. The van der Waals surface area contributed by atoms with E-state index in [0.29, 0.717) is 17.8 Å². The lowest BCUT2D eigenvalue weighted by atomic mass is 10.1. The third-order valence-corrected chi connectivity index (χ3v) is 3.93. The number of halogens is 4. The van der Waals surface area contributed by atoms with Crippen LogP contribution < -0.4 is 11.1 Å². The van der Waals surface area contributed by atoms with E-state index < -0.39 is 11.7 Å². The van der Waals surface area contributed by atoms with Crippen molar-refractivity contribution in [1.82, 2.24) is 15.1 Å². The van der Waals surface area contributed by atoms with E-state index in [4.69, 9.17) is 17.3 Å². The van der Waals surface area contributed by atoms with Crippen LogP contribution in [0, 0.1) is 0 Å². The minimum Gasteiger partial charge on any atom is -0.369 e. The first kappa shape index (κ1) is 17.3. The molecule has 0 saturated heterocycles. The summed E-state index contributed by atoms with van der Waals surface area (Å²) in [5.41, 5.74) is 5.35. The van der Waals surface area contributed by atoms with Crippen molar-refractivity contribution >= 4 is 29.7 Å². The zero-order chi connectivity index (χ0) is 18.2. The average Bonchev–Trinajstić information content (AvgIpc) is 3.28. The van der Waals surface area contributed by atoms with E-state index in [-0.39, 0.29) is 22.6 Å². The number of nitrogens with two attached hydrogens (primary N) is 1. The predicted molar refractivity (Wildman–Crippen MR) is 86.0 cm³/mol. The van der Waals surface area contributed by atoms with Gasteiger partial charge in [-0.25, -0.2) is 9.67 Å². The topological polar surface area (TPSA) is 85.3 Å². The molecule has 6 nitrogen and oxygen atoms in total. The fourth-order valence-electron chi connectivity index (χ4n) is 2.51. The van der Waals surface area contributed by atoms with E-state index in [9.17, 15) is 18.0 Å². The maximum absolute atomic E-state index is 13.4. The van der Waals surface area contributed by atoms with Crippen molar-refractivity contribution in [2.45, 2.75) is 24.9 Å². The highest BCUT2D eigenvalue weighted by Crippen LogP contribution is 2.46. The molecule has 0 unspecified atom stereocenters. The first-order chi connectivity index (χ1) is 11.8. The van der Waals surface area contributed by atoms with Crippen molar-refractivity contribution in [3.8, 4) is 5.69 Å². The fraction of sp³-hybridized carbons (Fsp3) is 0.267. The Hall–Kier alpha value is -2.55. The van der Waals surface area contributed by atoms with Crippen LogP contribution in [0.15, 0.2) is 29.4 Å². The molecule has 1 aromatic carbocycles. The van der Waals surface area contributed by atoms with Gasteiger partial charge < -0.3 is 5.73 Å². The van der Waals surface area contributed by atoms with Gasteiger partial charge in [0.05, 0.1) is 23.1 Å². The van der Waals surface area contributed by atoms with E-state index in [1.165, 1.54) is 23.0 Å². The van der Waals surface area contributed by atoms with Gasteiger partial charge in [-0.3, -0.25) is 10.1 Å². The van der Waals surface area contributed by atoms with Crippen LogP contribution in [-0.2, 0) is 11.0 Å². The number of nitrogens with one attached hydrogen (secondary N) is 1. The zero-order valence-corrected chi connectivity index (χ0v) is 13.5. The number of carbonyl (C=O) groups excluding carboxylic acids is 1. The molecule has 0 bridgehead atoms. The second-order valence-corrected chi connectivity index (χ2v) is 5.96. The van der Waals surface area contributed by atoms with Crippen LogP contribution in [0.4, 0.5) is 18.9 Å². The Labute approximate surface area is 145 Å². The molecule has 10 heteroatoms. The maximum atomic E-state index is 13.4. The van der Waals surface area contributed by atoms with Crippen molar-refractivity contribution < 1.29 is 18.0 Å². The van der Waals surface area contributed by atoms with E-state index in [1.54, 1.807) is 0 Å². The monoisotopic (exact) mass is 371 g/mol. The van der Waals surface area contributed by atoms with Gasteiger partial charge in [0.15, 0.2) is 5.96 Å². The smallest absolute Gasteiger partial charge is 0.369 e. The Morgan fingerprint density at radius 3 is 2.76 bits per heavy atom. The minimum absolute atomic E-state index is 0.0196. The number of aromatic nitrogens is 2. The van der Waals surface area contributed by atoms with Crippen LogP contribution in [0.25, 0.3) is 5.69 Å². The lowest BCUT2D eigenvalue weighted by molar-refractivity contribution is -0.137. The highest BCUT2D eigenvalue weighted by Gasteiger charge is 2.37. The van der Waals surface area contributed by atoms with E-state index in [2.05, 4.69) is 15.4 Å². The summed E-state index contributed by atoms with van der Waals surface area (Å²) in [5, 5.41) is 6.23. The molecule has 2 aromatic rings. The molecule has 0 spiro atoms. The van der Waals surface area contributed by atoms with Gasteiger partial charge in [0.2, 0.25) is 6.41 Å². The molecule has 0 radical (unpaired) electrons. The number of alkyl halides is 3. The lowest BCUT2D eigenvalue weighted by Gasteiger charge is -2.15. The van der Waals surface area contributed by atoms with Crippen LogP contribution in [0.2, 0.25) is 5.02 Å².